The van der Waals surface area contributed by atoms with Crippen molar-refractivity contribution in [1.82, 2.24) is 9.55 Å². The summed E-state index contributed by atoms with van der Waals surface area (Å²) in [6.07, 6.45) is 1.11. The number of esters is 2. The Kier molecular flexibility index (Phi) is 4.96. The molecule has 3 aromatic rings. The molecule has 5 rings (SSSR count). The van der Waals surface area contributed by atoms with E-state index >= 15 is 0 Å². The van der Waals surface area contributed by atoms with Crippen LogP contribution in [-0.4, -0.2) is 35.7 Å². The number of carbonyl (C=O) groups is 2. The number of cyclic esters (lactones) is 1. The molecule has 33 heavy (non-hydrogen) atoms. The van der Waals surface area contributed by atoms with Gasteiger partial charge in [-0.25, -0.2) is 9.78 Å². The lowest BCUT2D eigenvalue weighted by molar-refractivity contribution is -0.148. The van der Waals surface area contributed by atoms with Gasteiger partial charge in [-0.2, -0.15) is 0 Å². The van der Waals surface area contributed by atoms with Gasteiger partial charge in [-0.1, -0.05) is 13.8 Å². The fourth-order valence-electron chi connectivity index (χ4n) is 5.16. The molecule has 1 aromatic carbocycles. The van der Waals surface area contributed by atoms with Crippen LogP contribution in [0.2, 0.25) is 0 Å². The van der Waals surface area contributed by atoms with Gasteiger partial charge < -0.3 is 18.8 Å². The highest BCUT2D eigenvalue weighted by molar-refractivity contribution is 6.02. The Morgan fingerprint density at radius 2 is 2.00 bits per heavy atom. The normalized spacial score (nSPS) is 16.1. The molecule has 2 aliphatic heterocycles. The molecule has 0 amide bonds. The number of rotatable bonds is 4. The second-order valence-corrected chi connectivity index (χ2v) is 8.22. The number of nitrogens with zero attached hydrogens (tertiary/aromatic N) is 2. The van der Waals surface area contributed by atoms with Crippen LogP contribution in [0.15, 0.2) is 23.0 Å². The van der Waals surface area contributed by atoms with Crippen molar-refractivity contribution < 1.29 is 23.8 Å². The molecule has 0 saturated carbocycles. The molecule has 0 fully saturated rings. The maximum Gasteiger partial charge on any atom is 0.340 e. The molecule has 0 radical (unpaired) electrons. The molecule has 8 nitrogen and oxygen atoms in total. The first-order valence-corrected chi connectivity index (χ1v) is 11.0. The molecule has 1 atom stereocenters. The summed E-state index contributed by atoms with van der Waals surface area (Å²) in [6, 6.07) is 5.65. The molecule has 0 aliphatic carbocycles. The number of aromatic nitrogens is 2. The van der Waals surface area contributed by atoms with Gasteiger partial charge in [0.15, 0.2) is 0 Å². The summed E-state index contributed by atoms with van der Waals surface area (Å²) < 4.78 is 17.4. The Hall–Kier alpha value is -3.68. The minimum atomic E-state index is -0.708. The van der Waals surface area contributed by atoms with Crippen LogP contribution in [-0.2, 0) is 33.8 Å². The lowest BCUT2D eigenvalue weighted by Gasteiger charge is -2.27. The molecule has 8 heteroatoms. The van der Waals surface area contributed by atoms with Crippen molar-refractivity contribution in [3.05, 3.63) is 56.4 Å². The Balaban J connectivity index is 1.91. The zero-order valence-corrected chi connectivity index (χ0v) is 19.0. The molecule has 2 aliphatic rings. The lowest BCUT2D eigenvalue weighted by Crippen LogP contribution is -2.35. The topological polar surface area (TPSA) is 96.7 Å². The molecular weight excluding hydrogens is 424 g/mol. The van der Waals surface area contributed by atoms with E-state index in [1.54, 1.807) is 11.7 Å². The van der Waals surface area contributed by atoms with Crippen LogP contribution in [0.1, 0.15) is 58.8 Å². The minimum Gasteiger partial charge on any atom is -0.497 e. The highest BCUT2D eigenvalue weighted by atomic mass is 16.5. The van der Waals surface area contributed by atoms with E-state index in [1.165, 1.54) is 7.11 Å². The number of methoxy groups -OCH3 is 2. The number of benzene rings is 1. The maximum atomic E-state index is 13.6. The Morgan fingerprint density at radius 3 is 2.67 bits per heavy atom. The molecule has 0 unspecified atom stereocenters. The summed E-state index contributed by atoms with van der Waals surface area (Å²) in [5, 5.41) is 0.950. The van der Waals surface area contributed by atoms with Gasteiger partial charge in [0, 0.05) is 10.9 Å². The summed E-state index contributed by atoms with van der Waals surface area (Å²) in [5.41, 5.74) is 4.40. The van der Waals surface area contributed by atoms with E-state index in [4.69, 9.17) is 19.2 Å². The fraction of sp³-hybridized carbons (Fsp3) is 0.360. The van der Waals surface area contributed by atoms with Crippen LogP contribution >= 0.6 is 0 Å². The second kappa shape index (κ2) is 7.72. The van der Waals surface area contributed by atoms with E-state index in [0.717, 1.165) is 27.8 Å². The standard InChI is InChI=1S/C25H24N2O6/c1-5-13-15-9-12(31-3)7-8-18(15)26-21-16(13)10-27-22(21)20(25(30)32-4)19-14(6-2)24(29)33-11-17(19)23(27)28/h7-9,14H,5-6,10-11H2,1-4H3/t14-/m1/s1. The average molecular weight is 448 g/mol. The van der Waals surface area contributed by atoms with Crippen molar-refractivity contribution >= 4 is 22.8 Å². The van der Waals surface area contributed by atoms with E-state index in [9.17, 15) is 14.4 Å². The lowest BCUT2D eigenvalue weighted by atomic mass is 9.85. The van der Waals surface area contributed by atoms with E-state index in [0.29, 0.717) is 35.4 Å². The predicted molar refractivity (Wildman–Crippen MR) is 121 cm³/mol. The van der Waals surface area contributed by atoms with Crippen LogP contribution < -0.4 is 10.3 Å². The van der Waals surface area contributed by atoms with Gasteiger partial charge in [-0.15, -0.1) is 0 Å². The van der Waals surface area contributed by atoms with E-state index in [1.807, 2.05) is 32.0 Å². The zero-order valence-electron chi connectivity index (χ0n) is 19.0. The summed E-state index contributed by atoms with van der Waals surface area (Å²) in [4.78, 5) is 44.1. The molecule has 0 spiro atoms. The Labute approximate surface area is 190 Å². The first-order chi connectivity index (χ1) is 15.9. The smallest absolute Gasteiger partial charge is 0.340 e. The molecule has 4 heterocycles. The molecule has 0 N–H and O–H groups in total. The van der Waals surface area contributed by atoms with Gasteiger partial charge in [-0.3, -0.25) is 9.59 Å². The van der Waals surface area contributed by atoms with Crippen molar-refractivity contribution in [2.45, 2.75) is 45.8 Å². The summed E-state index contributed by atoms with van der Waals surface area (Å²) in [6.45, 7) is 4.01. The monoisotopic (exact) mass is 448 g/mol. The van der Waals surface area contributed by atoms with Crippen LogP contribution in [0.5, 0.6) is 5.75 Å². The SMILES string of the molecule is CCc1c2c(nc3ccc(OC)cc13)-c1c(C(=O)OC)c3c(c(=O)n1C2)COC(=O)[C@@H]3CC. The Morgan fingerprint density at radius 1 is 1.21 bits per heavy atom. The quantitative estimate of drug-likeness (QED) is 0.442. The second-order valence-electron chi connectivity index (χ2n) is 8.22. The highest BCUT2D eigenvalue weighted by Crippen LogP contribution is 2.42. The van der Waals surface area contributed by atoms with Crippen LogP contribution in [0.3, 0.4) is 0 Å². The van der Waals surface area contributed by atoms with Gasteiger partial charge in [0.05, 0.1) is 54.7 Å². The average Bonchev–Trinajstić information content (AvgIpc) is 3.21. The number of hydrogen-bond acceptors (Lipinski definition) is 7. The van der Waals surface area contributed by atoms with Gasteiger partial charge in [0.1, 0.15) is 12.4 Å². The van der Waals surface area contributed by atoms with Crippen LogP contribution in [0, 0.1) is 0 Å². The highest BCUT2D eigenvalue weighted by Gasteiger charge is 2.40. The van der Waals surface area contributed by atoms with E-state index in [-0.39, 0.29) is 24.3 Å². The van der Waals surface area contributed by atoms with Gasteiger partial charge in [-0.05, 0) is 42.2 Å². The third kappa shape index (κ3) is 2.90. The summed E-state index contributed by atoms with van der Waals surface area (Å²) in [7, 11) is 2.91. The third-order valence-corrected chi connectivity index (χ3v) is 6.70. The summed E-state index contributed by atoms with van der Waals surface area (Å²) in [5.74, 6) is -1.02. The molecule has 170 valence electrons. The third-order valence-electron chi connectivity index (χ3n) is 6.70. The first kappa shape index (κ1) is 21.2. The van der Waals surface area contributed by atoms with Gasteiger partial charge >= 0.3 is 11.9 Å². The van der Waals surface area contributed by atoms with Crippen molar-refractivity contribution in [3.63, 3.8) is 0 Å². The molecule has 2 aromatic heterocycles. The van der Waals surface area contributed by atoms with Crippen molar-refractivity contribution in [2.24, 2.45) is 0 Å². The van der Waals surface area contributed by atoms with Crippen molar-refractivity contribution in [1.29, 1.82) is 0 Å². The molecular formula is C25H24N2O6. The van der Waals surface area contributed by atoms with E-state index in [2.05, 4.69) is 0 Å². The zero-order chi connectivity index (χ0) is 23.4. The minimum absolute atomic E-state index is 0.155. The van der Waals surface area contributed by atoms with Gasteiger partial charge in [0.2, 0.25) is 0 Å². The first-order valence-electron chi connectivity index (χ1n) is 11.0. The predicted octanol–water partition coefficient (Wildman–Crippen LogP) is 3.33. The number of aryl methyl sites for hydroxylation is 1. The van der Waals surface area contributed by atoms with Gasteiger partial charge in [0.25, 0.3) is 5.56 Å². The number of fused-ring (bicyclic) bond motifs is 5. The molecule has 0 bridgehead atoms. The van der Waals surface area contributed by atoms with Crippen LogP contribution in [0.4, 0.5) is 0 Å². The van der Waals surface area contributed by atoms with Crippen molar-refractivity contribution in [3.8, 4) is 17.1 Å². The Bertz CT molecular complexity index is 1400. The van der Waals surface area contributed by atoms with Crippen LogP contribution in [0.25, 0.3) is 22.3 Å². The summed E-state index contributed by atoms with van der Waals surface area (Å²) >= 11 is 0. The number of ether oxygens (including phenoxy) is 3. The maximum absolute atomic E-state index is 13.6. The van der Waals surface area contributed by atoms with Crippen molar-refractivity contribution in [2.75, 3.05) is 14.2 Å². The number of pyridine rings is 2. The molecule has 0 saturated heterocycles. The number of carbonyl (C=O) groups excluding carboxylic acids is 2. The number of hydrogen-bond donors (Lipinski definition) is 0. The largest absolute Gasteiger partial charge is 0.497 e. The van der Waals surface area contributed by atoms with E-state index < -0.39 is 17.9 Å². The fourth-order valence-corrected chi connectivity index (χ4v) is 5.16.